The summed E-state index contributed by atoms with van der Waals surface area (Å²) in [6, 6.07) is 13.6. The van der Waals surface area contributed by atoms with Gasteiger partial charge in [-0.2, -0.15) is 0 Å². The summed E-state index contributed by atoms with van der Waals surface area (Å²) < 4.78 is 19.4. The topological polar surface area (TPSA) is 94.3 Å². The second-order valence-electron chi connectivity index (χ2n) is 3.85. The van der Waals surface area contributed by atoms with Gasteiger partial charge < -0.3 is 15.0 Å². The van der Waals surface area contributed by atoms with Gasteiger partial charge in [0.1, 0.15) is 23.0 Å². The lowest BCUT2D eigenvalue weighted by Crippen LogP contribution is -2.06. The molecule has 7 heteroatoms. The van der Waals surface area contributed by atoms with Gasteiger partial charge in [-0.25, -0.2) is 4.21 Å². The van der Waals surface area contributed by atoms with Gasteiger partial charge in [-0.3, -0.25) is 0 Å². The Hall–Kier alpha value is -2.25. The minimum absolute atomic E-state index is 0.0400. The van der Waals surface area contributed by atoms with Crippen LogP contribution in [0.2, 0.25) is 0 Å². The molecule has 0 spiro atoms. The molecule has 20 heavy (non-hydrogen) atoms. The molecular weight excluding hydrogens is 278 g/mol. The monoisotopic (exact) mass is 291 g/mol. The molecule has 6 nitrogen and oxygen atoms in total. The Morgan fingerprint density at radius 2 is 1.60 bits per heavy atom. The van der Waals surface area contributed by atoms with Gasteiger partial charge in [0.05, 0.1) is 5.69 Å². The van der Waals surface area contributed by atoms with Gasteiger partial charge >= 0.3 is 0 Å². The quantitative estimate of drug-likeness (QED) is 0.581. The second kappa shape index (κ2) is 6.78. The fourth-order valence-electron chi connectivity index (χ4n) is 1.51. The summed E-state index contributed by atoms with van der Waals surface area (Å²) in [5, 5.41) is 20.4. The van der Waals surface area contributed by atoms with Crippen molar-refractivity contribution in [3.63, 3.8) is 0 Å². The number of anilines is 1. The summed E-state index contributed by atoms with van der Waals surface area (Å²) in [5.74, 6) is -0.0542. The third kappa shape index (κ3) is 3.87. The predicted molar refractivity (Wildman–Crippen MR) is 78.0 cm³/mol. The highest BCUT2D eigenvalue weighted by atomic mass is 32.2. The van der Waals surface area contributed by atoms with Crippen molar-refractivity contribution in [2.75, 3.05) is 11.2 Å². The van der Waals surface area contributed by atoms with Crippen molar-refractivity contribution in [3.05, 3.63) is 48.5 Å². The molecule has 1 unspecified atom stereocenters. The Kier molecular flexibility index (Phi) is 4.80. The van der Waals surface area contributed by atoms with Gasteiger partial charge in [0.15, 0.2) is 11.1 Å². The Balaban J connectivity index is 2.21. The zero-order valence-electron chi connectivity index (χ0n) is 10.4. The van der Waals surface area contributed by atoms with Crippen molar-refractivity contribution in [2.45, 2.75) is 0 Å². The first-order chi connectivity index (χ1) is 9.66. The van der Waals surface area contributed by atoms with E-state index in [-0.39, 0.29) is 11.6 Å². The minimum atomic E-state index is -1.94. The average Bonchev–Trinajstić information content (AvgIpc) is 2.45. The summed E-state index contributed by atoms with van der Waals surface area (Å²) in [6.07, 6.45) is 0. The van der Waals surface area contributed by atoms with Gasteiger partial charge in [0.2, 0.25) is 0 Å². The number of nitrogens with zero attached hydrogens (tertiary/aromatic N) is 2. The fourth-order valence-corrected chi connectivity index (χ4v) is 1.79. The highest BCUT2D eigenvalue weighted by Gasteiger charge is 2.02. The van der Waals surface area contributed by atoms with E-state index in [0.717, 1.165) is 0 Å². The SMILES string of the molecule is O=S(O)CNc1ccccc1N=Nc1ccccc1O. The molecule has 0 aliphatic carbocycles. The van der Waals surface area contributed by atoms with Gasteiger partial charge in [-0.15, -0.1) is 10.2 Å². The number of azo groups is 1. The van der Waals surface area contributed by atoms with Crippen molar-refractivity contribution in [3.8, 4) is 5.75 Å². The summed E-state index contributed by atoms with van der Waals surface area (Å²) in [6.45, 7) is 0. The minimum Gasteiger partial charge on any atom is -0.506 e. The van der Waals surface area contributed by atoms with Crippen LogP contribution in [0, 0.1) is 0 Å². The molecule has 0 fully saturated rings. The van der Waals surface area contributed by atoms with Crippen LogP contribution in [0.4, 0.5) is 17.1 Å². The Morgan fingerprint density at radius 1 is 1.00 bits per heavy atom. The summed E-state index contributed by atoms with van der Waals surface area (Å²) in [5.41, 5.74) is 1.46. The molecule has 104 valence electrons. The Bertz CT molecular complexity index is 646. The highest BCUT2D eigenvalue weighted by molar-refractivity contribution is 7.79. The molecule has 0 heterocycles. The van der Waals surface area contributed by atoms with Crippen LogP contribution in [0.3, 0.4) is 0 Å². The van der Waals surface area contributed by atoms with E-state index in [0.29, 0.717) is 17.1 Å². The molecule has 0 aromatic heterocycles. The van der Waals surface area contributed by atoms with Crippen molar-refractivity contribution >= 4 is 28.1 Å². The van der Waals surface area contributed by atoms with Crippen LogP contribution in [-0.2, 0) is 11.1 Å². The van der Waals surface area contributed by atoms with Crippen LogP contribution in [0.1, 0.15) is 0 Å². The molecule has 0 aliphatic rings. The third-order valence-electron chi connectivity index (χ3n) is 2.44. The molecule has 0 amide bonds. The highest BCUT2D eigenvalue weighted by Crippen LogP contribution is 2.30. The molecule has 2 rings (SSSR count). The van der Waals surface area contributed by atoms with Crippen molar-refractivity contribution in [1.82, 2.24) is 0 Å². The van der Waals surface area contributed by atoms with Gasteiger partial charge in [-0.1, -0.05) is 24.3 Å². The molecule has 1 atom stereocenters. The van der Waals surface area contributed by atoms with E-state index in [4.69, 9.17) is 4.55 Å². The summed E-state index contributed by atoms with van der Waals surface area (Å²) >= 11 is -1.94. The zero-order valence-corrected chi connectivity index (χ0v) is 11.2. The zero-order chi connectivity index (χ0) is 14.4. The number of rotatable bonds is 5. The molecular formula is C13H13N3O3S. The maximum atomic E-state index is 10.7. The number of nitrogens with one attached hydrogen (secondary N) is 1. The van der Waals surface area contributed by atoms with E-state index < -0.39 is 11.1 Å². The number of hydrogen-bond donors (Lipinski definition) is 3. The fraction of sp³-hybridized carbons (Fsp3) is 0.0769. The van der Waals surface area contributed by atoms with Gasteiger partial charge in [-0.05, 0) is 24.3 Å². The average molecular weight is 291 g/mol. The number of benzene rings is 2. The molecule has 2 aromatic carbocycles. The first kappa shape index (κ1) is 14.2. The normalized spacial score (nSPS) is 12.4. The maximum absolute atomic E-state index is 10.7. The number of phenolic OH excluding ortho intramolecular Hbond substituents is 1. The Morgan fingerprint density at radius 3 is 2.30 bits per heavy atom. The molecule has 0 radical (unpaired) electrons. The molecule has 0 bridgehead atoms. The third-order valence-corrected chi connectivity index (χ3v) is 2.83. The van der Waals surface area contributed by atoms with Crippen LogP contribution in [0.5, 0.6) is 5.75 Å². The lowest BCUT2D eigenvalue weighted by molar-refractivity contribution is 0.476. The van der Waals surface area contributed by atoms with E-state index in [1.165, 1.54) is 6.07 Å². The van der Waals surface area contributed by atoms with Crippen molar-refractivity contribution in [2.24, 2.45) is 10.2 Å². The number of hydrogen-bond acceptors (Lipinski definition) is 5. The molecule has 2 aromatic rings. The maximum Gasteiger partial charge on any atom is 0.172 e. The van der Waals surface area contributed by atoms with Gasteiger partial charge in [0, 0.05) is 0 Å². The van der Waals surface area contributed by atoms with E-state index >= 15 is 0 Å². The van der Waals surface area contributed by atoms with E-state index in [1.807, 2.05) is 0 Å². The largest absolute Gasteiger partial charge is 0.506 e. The first-order valence-corrected chi connectivity index (χ1v) is 7.04. The summed E-state index contributed by atoms with van der Waals surface area (Å²) in [4.78, 5) is 0. The number of phenols is 1. The molecule has 0 aliphatic heterocycles. The van der Waals surface area contributed by atoms with Crippen molar-refractivity contribution < 1.29 is 13.9 Å². The lowest BCUT2D eigenvalue weighted by atomic mass is 10.3. The van der Waals surface area contributed by atoms with Crippen LogP contribution >= 0.6 is 0 Å². The van der Waals surface area contributed by atoms with E-state index in [9.17, 15) is 9.32 Å². The van der Waals surface area contributed by atoms with Gasteiger partial charge in [0.25, 0.3) is 0 Å². The van der Waals surface area contributed by atoms with E-state index in [1.54, 1.807) is 42.5 Å². The van der Waals surface area contributed by atoms with Crippen molar-refractivity contribution in [1.29, 1.82) is 0 Å². The molecule has 3 N–H and O–H groups in total. The van der Waals surface area contributed by atoms with Crippen LogP contribution in [-0.4, -0.2) is 19.7 Å². The lowest BCUT2D eigenvalue weighted by Gasteiger charge is -2.06. The molecule has 0 saturated carbocycles. The standard InChI is InChI=1S/C13H13N3O3S/c17-13-8-4-3-7-12(13)16-15-11-6-2-1-5-10(11)14-9-20(18)19/h1-8,14,17H,9H2,(H,18,19). The van der Waals surface area contributed by atoms with E-state index in [2.05, 4.69) is 15.5 Å². The number of aromatic hydroxyl groups is 1. The summed E-state index contributed by atoms with van der Waals surface area (Å²) in [7, 11) is 0. The first-order valence-electron chi connectivity index (χ1n) is 5.77. The smallest absolute Gasteiger partial charge is 0.172 e. The second-order valence-corrected chi connectivity index (χ2v) is 4.78. The number of para-hydroxylation sites is 2. The van der Waals surface area contributed by atoms with Crippen LogP contribution in [0.15, 0.2) is 58.8 Å². The Labute approximate surface area is 118 Å². The van der Waals surface area contributed by atoms with Crippen LogP contribution < -0.4 is 5.32 Å². The predicted octanol–water partition coefficient (Wildman–Crippen LogP) is 3.40. The van der Waals surface area contributed by atoms with Crippen LogP contribution in [0.25, 0.3) is 0 Å². The molecule has 0 saturated heterocycles.